The number of hydrogen-bond acceptors (Lipinski definition) is 4. The molecule has 130 valence electrons. The van der Waals surface area contributed by atoms with Crippen molar-refractivity contribution in [2.24, 2.45) is 0 Å². The maximum atomic E-state index is 12.7. The van der Waals surface area contributed by atoms with Gasteiger partial charge in [-0.1, -0.05) is 6.92 Å². The Balaban J connectivity index is 1.68. The third-order valence-electron chi connectivity index (χ3n) is 4.35. The Hall–Kier alpha value is -2.12. The van der Waals surface area contributed by atoms with Gasteiger partial charge in [0.15, 0.2) is 0 Å². The van der Waals surface area contributed by atoms with E-state index in [2.05, 4.69) is 24.8 Å². The Morgan fingerprint density at radius 3 is 2.54 bits per heavy atom. The van der Waals surface area contributed by atoms with Crippen LogP contribution in [0.2, 0.25) is 0 Å². The molecule has 1 aliphatic heterocycles. The standard InChI is InChI=1S/C16H20F3N5/c1-3-12-8-14(22-10(2)21-12)24-6-4-11(5-7-24)15-20-9-13(23-15)16(17,18)19/h8-9,11H,3-7H2,1-2H3,(H,20,23). The van der Waals surface area contributed by atoms with Crippen LogP contribution >= 0.6 is 0 Å². The molecule has 1 N–H and O–H groups in total. The molecule has 0 unspecified atom stereocenters. The van der Waals surface area contributed by atoms with E-state index >= 15 is 0 Å². The number of alkyl halides is 3. The van der Waals surface area contributed by atoms with Gasteiger partial charge in [-0.3, -0.25) is 0 Å². The number of hydrogen-bond donors (Lipinski definition) is 1. The van der Waals surface area contributed by atoms with Crippen LogP contribution in [0.3, 0.4) is 0 Å². The van der Waals surface area contributed by atoms with Gasteiger partial charge in [0.25, 0.3) is 0 Å². The lowest BCUT2D eigenvalue weighted by atomic mass is 9.96. The van der Waals surface area contributed by atoms with Gasteiger partial charge < -0.3 is 9.88 Å². The zero-order valence-corrected chi connectivity index (χ0v) is 13.7. The highest BCUT2D eigenvalue weighted by molar-refractivity contribution is 5.40. The zero-order valence-electron chi connectivity index (χ0n) is 13.7. The van der Waals surface area contributed by atoms with Crippen LogP contribution in [0.4, 0.5) is 19.0 Å². The van der Waals surface area contributed by atoms with E-state index in [0.29, 0.717) is 5.82 Å². The van der Waals surface area contributed by atoms with Gasteiger partial charge in [-0.25, -0.2) is 15.0 Å². The molecule has 0 spiro atoms. The lowest BCUT2D eigenvalue weighted by Gasteiger charge is -2.32. The Morgan fingerprint density at radius 1 is 1.25 bits per heavy atom. The molecular formula is C16H20F3N5. The molecule has 3 heterocycles. The summed E-state index contributed by atoms with van der Waals surface area (Å²) in [7, 11) is 0. The van der Waals surface area contributed by atoms with Crippen LogP contribution in [0.5, 0.6) is 0 Å². The van der Waals surface area contributed by atoms with Crippen molar-refractivity contribution in [3.8, 4) is 0 Å². The summed E-state index contributed by atoms with van der Waals surface area (Å²) in [6, 6.07) is 1.99. The van der Waals surface area contributed by atoms with E-state index in [1.165, 1.54) is 0 Å². The molecule has 1 saturated heterocycles. The molecule has 0 radical (unpaired) electrons. The number of aryl methyl sites for hydroxylation is 2. The molecule has 5 nitrogen and oxygen atoms in total. The van der Waals surface area contributed by atoms with Crippen LogP contribution in [0.15, 0.2) is 12.3 Å². The quantitative estimate of drug-likeness (QED) is 0.930. The third kappa shape index (κ3) is 3.52. The van der Waals surface area contributed by atoms with Gasteiger partial charge in [-0.15, -0.1) is 0 Å². The fourth-order valence-electron chi connectivity index (χ4n) is 3.03. The minimum Gasteiger partial charge on any atom is -0.356 e. The topological polar surface area (TPSA) is 57.7 Å². The monoisotopic (exact) mass is 339 g/mol. The van der Waals surface area contributed by atoms with Crippen LogP contribution in [0, 0.1) is 6.92 Å². The molecule has 2 aromatic heterocycles. The van der Waals surface area contributed by atoms with E-state index in [1.807, 2.05) is 19.9 Å². The normalized spacial score (nSPS) is 16.6. The van der Waals surface area contributed by atoms with E-state index in [-0.39, 0.29) is 5.92 Å². The van der Waals surface area contributed by atoms with Crippen LogP contribution < -0.4 is 4.90 Å². The first-order chi connectivity index (χ1) is 11.4. The number of imidazole rings is 1. The molecular weight excluding hydrogens is 319 g/mol. The minimum absolute atomic E-state index is 0.0194. The summed E-state index contributed by atoms with van der Waals surface area (Å²) in [5.74, 6) is 2.08. The number of rotatable bonds is 3. The largest absolute Gasteiger partial charge is 0.432 e. The first-order valence-electron chi connectivity index (χ1n) is 8.08. The van der Waals surface area contributed by atoms with Crippen molar-refractivity contribution in [1.29, 1.82) is 0 Å². The van der Waals surface area contributed by atoms with Crippen LogP contribution in [0.25, 0.3) is 0 Å². The molecule has 8 heteroatoms. The molecule has 24 heavy (non-hydrogen) atoms. The molecule has 0 aromatic carbocycles. The average Bonchev–Trinajstić information content (AvgIpc) is 3.04. The predicted molar refractivity (Wildman–Crippen MR) is 83.9 cm³/mol. The highest BCUT2D eigenvalue weighted by Crippen LogP contribution is 2.32. The van der Waals surface area contributed by atoms with Gasteiger partial charge >= 0.3 is 6.18 Å². The molecule has 1 aliphatic rings. The van der Waals surface area contributed by atoms with E-state index in [4.69, 9.17) is 0 Å². The number of H-pyrrole nitrogens is 1. The number of nitrogens with one attached hydrogen (secondary N) is 1. The minimum atomic E-state index is -4.37. The van der Waals surface area contributed by atoms with Crippen LogP contribution in [-0.2, 0) is 12.6 Å². The molecule has 3 rings (SSSR count). The van der Waals surface area contributed by atoms with Crippen LogP contribution in [0.1, 0.15) is 48.7 Å². The SMILES string of the molecule is CCc1cc(N2CCC(c3ncc(C(F)(F)F)[nH]3)CC2)nc(C)n1. The highest BCUT2D eigenvalue weighted by Gasteiger charge is 2.34. The van der Waals surface area contributed by atoms with Crippen molar-refractivity contribution < 1.29 is 13.2 Å². The van der Waals surface area contributed by atoms with Crippen molar-refractivity contribution in [3.63, 3.8) is 0 Å². The van der Waals surface area contributed by atoms with E-state index < -0.39 is 11.9 Å². The maximum Gasteiger partial charge on any atom is 0.432 e. The summed E-state index contributed by atoms with van der Waals surface area (Å²) in [6.45, 7) is 5.41. The summed E-state index contributed by atoms with van der Waals surface area (Å²) in [6.07, 6.45) is -1.16. The second kappa shape index (κ2) is 6.41. The van der Waals surface area contributed by atoms with Gasteiger partial charge in [0.2, 0.25) is 0 Å². The van der Waals surface area contributed by atoms with Crippen molar-refractivity contribution >= 4 is 5.82 Å². The average molecular weight is 339 g/mol. The zero-order chi connectivity index (χ0) is 17.3. The summed E-state index contributed by atoms with van der Waals surface area (Å²) in [5.41, 5.74) is 0.222. The summed E-state index contributed by atoms with van der Waals surface area (Å²) in [4.78, 5) is 17.4. The number of aromatic nitrogens is 4. The molecule has 0 bridgehead atoms. The Labute approximate surface area is 138 Å². The molecule has 0 atom stereocenters. The number of piperidine rings is 1. The lowest BCUT2D eigenvalue weighted by Crippen LogP contribution is -2.34. The first kappa shape index (κ1) is 16.7. The van der Waals surface area contributed by atoms with Crippen LogP contribution in [-0.4, -0.2) is 33.0 Å². The van der Waals surface area contributed by atoms with Gasteiger partial charge in [0.05, 0.1) is 6.20 Å². The van der Waals surface area contributed by atoms with Crippen molar-refractivity contribution in [1.82, 2.24) is 19.9 Å². The summed E-state index contributed by atoms with van der Waals surface area (Å²) in [5, 5.41) is 0. The van der Waals surface area contributed by atoms with E-state index in [0.717, 1.165) is 55.9 Å². The van der Waals surface area contributed by atoms with Gasteiger partial charge in [0.1, 0.15) is 23.2 Å². The number of anilines is 1. The fraction of sp³-hybridized carbons (Fsp3) is 0.562. The highest BCUT2D eigenvalue weighted by atomic mass is 19.4. The lowest BCUT2D eigenvalue weighted by molar-refractivity contribution is -0.141. The summed E-state index contributed by atoms with van der Waals surface area (Å²) < 4.78 is 38.0. The van der Waals surface area contributed by atoms with Gasteiger partial charge in [-0.2, -0.15) is 13.2 Å². The number of halogens is 3. The van der Waals surface area contributed by atoms with E-state index in [1.54, 1.807) is 0 Å². The smallest absolute Gasteiger partial charge is 0.356 e. The first-order valence-corrected chi connectivity index (χ1v) is 8.08. The fourth-order valence-corrected chi connectivity index (χ4v) is 3.03. The Kier molecular flexibility index (Phi) is 4.47. The molecule has 0 amide bonds. The van der Waals surface area contributed by atoms with E-state index in [9.17, 15) is 13.2 Å². The Morgan fingerprint density at radius 2 is 1.96 bits per heavy atom. The second-order valence-electron chi connectivity index (χ2n) is 6.06. The third-order valence-corrected chi connectivity index (χ3v) is 4.35. The molecule has 2 aromatic rings. The van der Waals surface area contributed by atoms with Gasteiger partial charge in [-0.05, 0) is 26.2 Å². The molecule has 0 aliphatic carbocycles. The van der Waals surface area contributed by atoms with Crippen molar-refractivity contribution in [3.05, 3.63) is 35.3 Å². The number of nitrogens with zero attached hydrogens (tertiary/aromatic N) is 4. The maximum absolute atomic E-state index is 12.7. The van der Waals surface area contributed by atoms with Crippen molar-refractivity contribution in [2.75, 3.05) is 18.0 Å². The molecule has 1 fully saturated rings. The Bertz CT molecular complexity index is 702. The number of aromatic amines is 1. The second-order valence-corrected chi connectivity index (χ2v) is 6.06. The summed E-state index contributed by atoms with van der Waals surface area (Å²) >= 11 is 0. The van der Waals surface area contributed by atoms with Crippen molar-refractivity contribution in [2.45, 2.75) is 45.2 Å². The predicted octanol–water partition coefficient (Wildman–Crippen LogP) is 3.47. The molecule has 0 saturated carbocycles. The van der Waals surface area contributed by atoms with Gasteiger partial charge in [0, 0.05) is 30.8 Å².